The SMILES string of the molecule is CC1=Nc2ccccc2C1=Cc1sc(=S)n(-c2cccc(C(=O)[O-])c2)c1O. The maximum atomic E-state index is 11.1. The highest BCUT2D eigenvalue weighted by atomic mass is 32.1. The Morgan fingerprint density at radius 3 is 2.81 bits per heavy atom. The van der Waals surface area contributed by atoms with Gasteiger partial charge >= 0.3 is 0 Å². The Morgan fingerprint density at radius 2 is 2.04 bits per heavy atom. The molecule has 4 rings (SSSR count). The number of aromatic hydroxyl groups is 1. The van der Waals surface area contributed by atoms with Gasteiger partial charge in [-0.3, -0.25) is 9.56 Å². The van der Waals surface area contributed by atoms with Crippen molar-refractivity contribution in [3.63, 3.8) is 0 Å². The smallest absolute Gasteiger partial charge is 0.215 e. The van der Waals surface area contributed by atoms with Gasteiger partial charge in [-0.15, -0.1) is 11.3 Å². The average molecular weight is 393 g/mol. The molecule has 0 saturated carbocycles. The number of aromatic nitrogens is 1. The number of thiazole rings is 1. The van der Waals surface area contributed by atoms with E-state index < -0.39 is 5.97 Å². The van der Waals surface area contributed by atoms with E-state index in [1.54, 1.807) is 12.1 Å². The molecule has 0 spiro atoms. The molecule has 1 aliphatic rings. The Morgan fingerprint density at radius 1 is 1.26 bits per heavy atom. The Hall–Kier alpha value is -3.03. The standard InChI is InChI=1S/C20H14N2O3S2/c1-11-15(14-7-2-3-8-16(14)21-11)10-17-18(23)22(20(26)27-17)13-6-4-5-12(9-13)19(24)25/h2-10,23H,1H3,(H,24,25)/p-1. The van der Waals surface area contributed by atoms with Crippen LogP contribution >= 0.6 is 23.6 Å². The molecule has 27 heavy (non-hydrogen) atoms. The second-order valence-electron chi connectivity index (χ2n) is 6.00. The number of carboxylic acids is 1. The molecule has 0 atom stereocenters. The number of hydrogen-bond acceptors (Lipinski definition) is 6. The van der Waals surface area contributed by atoms with E-state index in [1.807, 2.05) is 37.3 Å². The second kappa shape index (κ2) is 6.61. The lowest BCUT2D eigenvalue weighted by molar-refractivity contribution is -0.255. The summed E-state index contributed by atoms with van der Waals surface area (Å²) in [4.78, 5) is 16.2. The van der Waals surface area contributed by atoms with Crippen molar-refractivity contribution in [2.24, 2.45) is 4.99 Å². The average Bonchev–Trinajstić information content (AvgIpc) is 3.11. The van der Waals surface area contributed by atoms with Crippen molar-refractivity contribution < 1.29 is 15.0 Å². The number of hydrogen-bond donors (Lipinski definition) is 1. The van der Waals surface area contributed by atoms with Gasteiger partial charge in [-0.05, 0) is 49.0 Å². The molecule has 0 unspecified atom stereocenters. The van der Waals surface area contributed by atoms with Crippen molar-refractivity contribution in [1.82, 2.24) is 4.57 Å². The van der Waals surface area contributed by atoms with Crippen molar-refractivity contribution in [2.75, 3.05) is 0 Å². The lowest BCUT2D eigenvalue weighted by Crippen LogP contribution is -2.22. The number of aromatic carboxylic acids is 1. The number of allylic oxidation sites excluding steroid dienone is 1. The lowest BCUT2D eigenvalue weighted by Gasteiger charge is -2.08. The van der Waals surface area contributed by atoms with E-state index in [0.29, 0.717) is 14.5 Å². The molecule has 0 amide bonds. The third-order valence-corrected chi connectivity index (χ3v) is 5.61. The summed E-state index contributed by atoms with van der Waals surface area (Å²) in [5.74, 6) is -1.32. The van der Waals surface area contributed by atoms with E-state index in [9.17, 15) is 15.0 Å². The Balaban J connectivity index is 1.84. The highest BCUT2D eigenvalue weighted by Gasteiger charge is 2.19. The summed E-state index contributed by atoms with van der Waals surface area (Å²) < 4.78 is 1.86. The molecule has 5 nitrogen and oxygen atoms in total. The highest BCUT2D eigenvalue weighted by molar-refractivity contribution is 7.73. The molecule has 1 aromatic heterocycles. The zero-order valence-corrected chi connectivity index (χ0v) is 15.8. The first kappa shape index (κ1) is 17.4. The van der Waals surface area contributed by atoms with Crippen LogP contribution in [-0.4, -0.2) is 21.4 Å². The van der Waals surface area contributed by atoms with Crippen LogP contribution in [0.5, 0.6) is 5.88 Å². The maximum Gasteiger partial charge on any atom is 0.215 e. The quantitative estimate of drug-likeness (QED) is 0.683. The van der Waals surface area contributed by atoms with E-state index in [-0.39, 0.29) is 11.4 Å². The summed E-state index contributed by atoms with van der Waals surface area (Å²) in [5, 5.41) is 21.9. The van der Waals surface area contributed by atoms with E-state index in [4.69, 9.17) is 12.2 Å². The lowest BCUT2D eigenvalue weighted by atomic mass is 10.0. The first-order chi connectivity index (χ1) is 13.0. The molecule has 1 N–H and O–H groups in total. The zero-order chi connectivity index (χ0) is 19.1. The van der Waals surface area contributed by atoms with Gasteiger partial charge in [0.2, 0.25) is 5.88 Å². The van der Waals surface area contributed by atoms with Crippen LogP contribution in [0.4, 0.5) is 5.69 Å². The molecule has 0 radical (unpaired) electrons. The fourth-order valence-electron chi connectivity index (χ4n) is 3.02. The maximum absolute atomic E-state index is 11.1. The van der Waals surface area contributed by atoms with Crippen LogP contribution in [0, 0.1) is 3.95 Å². The van der Waals surface area contributed by atoms with Crippen LogP contribution < -0.4 is 5.11 Å². The normalized spacial score (nSPS) is 14.3. The number of aliphatic imine (C=N–C) groups is 1. The molecule has 7 heteroatoms. The molecule has 0 aliphatic carbocycles. The summed E-state index contributed by atoms with van der Waals surface area (Å²) in [7, 11) is 0. The minimum absolute atomic E-state index is 0.0209. The van der Waals surface area contributed by atoms with E-state index >= 15 is 0 Å². The van der Waals surface area contributed by atoms with Crippen molar-refractivity contribution in [3.8, 4) is 11.6 Å². The molecule has 0 bridgehead atoms. The summed E-state index contributed by atoms with van der Waals surface area (Å²) in [6, 6.07) is 13.9. The van der Waals surface area contributed by atoms with E-state index in [0.717, 1.165) is 22.5 Å². The summed E-state index contributed by atoms with van der Waals surface area (Å²) in [6.07, 6.45) is 1.86. The van der Waals surface area contributed by atoms with E-state index in [2.05, 4.69) is 4.99 Å². The Bertz CT molecular complexity index is 1200. The van der Waals surface area contributed by atoms with Crippen molar-refractivity contribution in [3.05, 3.63) is 68.5 Å². The molecular formula is C20H13N2O3S2-. The number of carboxylic acid groups (broad SMARTS) is 1. The van der Waals surface area contributed by atoms with Gasteiger partial charge in [0.15, 0.2) is 3.95 Å². The number of para-hydroxylation sites is 1. The van der Waals surface area contributed by atoms with Gasteiger partial charge in [0.25, 0.3) is 0 Å². The second-order valence-corrected chi connectivity index (χ2v) is 7.68. The number of carbonyl (C=O) groups excluding carboxylic acids is 1. The predicted octanol–water partition coefficient (Wildman–Crippen LogP) is 3.98. The number of carbonyl (C=O) groups is 1. The molecule has 0 saturated heterocycles. The van der Waals surface area contributed by atoms with Gasteiger partial charge in [-0.2, -0.15) is 0 Å². The summed E-state index contributed by atoms with van der Waals surface area (Å²) in [5.41, 5.74) is 4.17. The first-order valence-electron chi connectivity index (χ1n) is 8.09. The van der Waals surface area contributed by atoms with Gasteiger partial charge in [0.05, 0.1) is 22.2 Å². The predicted molar refractivity (Wildman–Crippen MR) is 108 cm³/mol. The molecular weight excluding hydrogens is 380 g/mol. The summed E-state index contributed by atoms with van der Waals surface area (Å²) >= 11 is 6.65. The zero-order valence-electron chi connectivity index (χ0n) is 14.2. The van der Waals surface area contributed by atoms with Gasteiger partial charge in [-0.1, -0.05) is 30.3 Å². The number of rotatable bonds is 3. The minimum atomic E-state index is -1.28. The minimum Gasteiger partial charge on any atom is -0.545 e. The largest absolute Gasteiger partial charge is 0.545 e. The van der Waals surface area contributed by atoms with Gasteiger partial charge in [-0.25, -0.2) is 0 Å². The summed E-state index contributed by atoms with van der Waals surface area (Å²) in [6.45, 7) is 1.92. The first-order valence-corrected chi connectivity index (χ1v) is 9.31. The number of fused-ring (bicyclic) bond motifs is 1. The van der Waals surface area contributed by atoms with Gasteiger partial charge in [0, 0.05) is 16.8 Å². The fraction of sp³-hybridized carbons (Fsp3) is 0.0500. The molecule has 0 fully saturated rings. The Labute approximate surface area is 164 Å². The van der Waals surface area contributed by atoms with Crippen molar-refractivity contribution >= 4 is 52.6 Å². The van der Waals surface area contributed by atoms with Crippen LogP contribution in [0.1, 0.15) is 27.7 Å². The van der Waals surface area contributed by atoms with Gasteiger partial charge < -0.3 is 15.0 Å². The molecule has 2 aromatic carbocycles. The molecule has 3 aromatic rings. The third kappa shape index (κ3) is 3.01. The van der Waals surface area contributed by atoms with Crippen LogP contribution in [0.15, 0.2) is 53.5 Å². The van der Waals surface area contributed by atoms with Crippen LogP contribution in [0.2, 0.25) is 0 Å². The molecule has 2 heterocycles. The monoisotopic (exact) mass is 393 g/mol. The highest BCUT2D eigenvalue weighted by Crippen LogP contribution is 2.39. The van der Waals surface area contributed by atoms with Gasteiger partial charge in [0.1, 0.15) is 0 Å². The van der Waals surface area contributed by atoms with Crippen molar-refractivity contribution in [2.45, 2.75) is 6.92 Å². The van der Waals surface area contributed by atoms with Crippen molar-refractivity contribution in [1.29, 1.82) is 0 Å². The molecule has 1 aliphatic heterocycles. The fourth-order valence-corrected chi connectivity index (χ4v) is 4.32. The third-order valence-electron chi connectivity index (χ3n) is 4.30. The molecule has 134 valence electrons. The topological polar surface area (TPSA) is 77.7 Å². The Kier molecular flexibility index (Phi) is 4.25. The number of nitrogens with zero attached hydrogens (tertiary/aromatic N) is 2. The number of benzene rings is 2. The van der Waals surface area contributed by atoms with Crippen LogP contribution in [0.25, 0.3) is 17.3 Å². The van der Waals surface area contributed by atoms with Crippen LogP contribution in [-0.2, 0) is 0 Å². The van der Waals surface area contributed by atoms with Crippen LogP contribution in [0.3, 0.4) is 0 Å². The van der Waals surface area contributed by atoms with E-state index in [1.165, 1.54) is 28.0 Å².